The summed E-state index contributed by atoms with van der Waals surface area (Å²) in [5.74, 6) is 0.0662. The van der Waals surface area contributed by atoms with Crippen molar-refractivity contribution in [2.24, 2.45) is 0 Å². The molecule has 1 saturated heterocycles. The average Bonchev–Trinajstić information content (AvgIpc) is 2.73. The van der Waals surface area contributed by atoms with E-state index < -0.39 is 0 Å². The van der Waals surface area contributed by atoms with Gasteiger partial charge in [0.15, 0.2) is 0 Å². The standard InChI is InChI=1S/C22H30N4O/c1-25(17-11-19-9-13-23-14-10-19)18-12-22(27)24-20-5-7-21(8-6-20)26-15-3-2-4-16-26/h5-10,13-14H,2-4,11-12,15-18H2,1H3,(H,24,27). The van der Waals surface area contributed by atoms with Crippen molar-refractivity contribution >= 4 is 17.3 Å². The Kier molecular flexibility index (Phi) is 7.22. The number of piperidine rings is 1. The number of amides is 1. The lowest BCUT2D eigenvalue weighted by Gasteiger charge is -2.28. The molecule has 0 radical (unpaired) electrons. The van der Waals surface area contributed by atoms with Crippen molar-refractivity contribution in [1.82, 2.24) is 9.88 Å². The number of anilines is 2. The van der Waals surface area contributed by atoms with Crippen LogP contribution in [0.2, 0.25) is 0 Å². The molecule has 27 heavy (non-hydrogen) atoms. The number of rotatable bonds is 8. The van der Waals surface area contributed by atoms with Gasteiger partial charge >= 0.3 is 0 Å². The second kappa shape index (κ2) is 10.1. The molecular formula is C22H30N4O. The molecule has 3 rings (SSSR count). The summed E-state index contributed by atoms with van der Waals surface area (Å²) in [7, 11) is 2.06. The molecule has 1 aromatic heterocycles. The van der Waals surface area contributed by atoms with Crippen LogP contribution in [0.3, 0.4) is 0 Å². The predicted molar refractivity (Wildman–Crippen MR) is 111 cm³/mol. The lowest BCUT2D eigenvalue weighted by atomic mass is 10.1. The number of likely N-dealkylation sites (N-methyl/N-ethyl adjacent to an activating group) is 1. The SMILES string of the molecule is CN(CCC(=O)Nc1ccc(N2CCCCC2)cc1)CCc1ccncc1. The maximum Gasteiger partial charge on any atom is 0.225 e. The van der Waals surface area contributed by atoms with Crippen LogP contribution in [-0.4, -0.2) is 49.0 Å². The van der Waals surface area contributed by atoms with Gasteiger partial charge in [0.2, 0.25) is 5.91 Å². The zero-order valence-electron chi connectivity index (χ0n) is 16.2. The number of pyridine rings is 1. The second-order valence-corrected chi connectivity index (χ2v) is 7.30. The molecule has 2 heterocycles. The number of hydrogen-bond acceptors (Lipinski definition) is 4. The number of hydrogen-bond donors (Lipinski definition) is 1. The van der Waals surface area contributed by atoms with Crippen LogP contribution in [-0.2, 0) is 11.2 Å². The van der Waals surface area contributed by atoms with Crippen LogP contribution in [0.4, 0.5) is 11.4 Å². The summed E-state index contributed by atoms with van der Waals surface area (Å²) in [4.78, 5) is 20.9. The summed E-state index contributed by atoms with van der Waals surface area (Å²) in [5, 5.41) is 3.01. The highest BCUT2D eigenvalue weighted by atomic mass is 16.1. The van der Waals surface area contributed by atoms with E-state index in [9.17, 15) is 4.79 Å². The van der Waals surface area contributed by atoms with E-state index in [-0.39, 0.29) is 5.91 Å². The third-order valence-electron chi connectivity index (χ3n) is 5.12. The first kappa shape index (κ1) is 19.4. The molecule has 1 aromatic carbocycles. The molecule has 0 atom stereocenters. The Balaban J connectivity index is 1.38. The Morgan fingerprint density at radius 3 is 2.44 bits per heavy atom. The van der Waals surface area contributed by atoms with Crippen LogP contribution >= 0.6 is 0 Å². The van der Waals surface area contributed by atoms with Crippen molar-refractivity contribution in [2.45, 2.75) is 32.1 Å². The van der Waals surface area contributed by atoms with Crippen molar-refractivity contribution in [1.29, 1.82) is 0 Å². The molecule has 0 saturated carbocycles. The molecule has 1 aliphatic rings. The van der Waals surface area contributed by atoms with E-state index in [0.29, 0.717) is 6.42 Å². The van der Waals surface area contributed by atoms with Gasteiger partial charge in [-0.2, -0.15) is 0 Å². The first-order valence-electron chi connectivity index (χ1n) is 9.93. The lowest BCUT2D eigenvalue weighted by molar-refractivity contribution is -0.116. The quantitative estimate of drug-likeness (QED) is 0.776. The predicted octanol–water partition coefficient (Wildman–Crippen LogP) is 3.58. The molecular weight excluding hydrogens is 336 g/mol. The van der Waals surface area contributed by atoms with Crippen LogP contribution < -0.4 is 10.2 Å². The van der Waals surface area contributed by atoms with Gasteiger partial charge in [0, 0.05) is 56.4 Å². The monoisotopic (exact) mass is 366 g/mol. The molecule has 1 fully saturated rings. The van der Waals surface area contributed by atoms with E-state index in [1.54, 1.807) is 0 Å². The number of nitrogens with one attached hydrogen (secondary N) is 1. The second-order valence-electron chi connectivity index (χ2n) is 7.30. The summed E-state index contributed by atoms with van der Waals surface area (Å²) in [5.41, 5.74) is 3.40. The van der Waals surface area contributed by atoms with Crippen LogP contribution in [0.15, 0.2) is 48.8 Å². The Morgan fingerprint density at radius 1 is 1.04 bits per heavy atom. The molecule has 0 bridgehead atoms. The highest BCUT2D eigenvalue weighted by molar-refractivity contribution is 5.91. The van der Waals surface area contributed by atoms with Gasteiger partial charge in [-0.15, -0.1) is 0 Å². The number of benzene rings is 1. The van der Waals surface area contributed by atoms with Crippen molar-refractivity contribution in [2.75, 3.05) is 43.4 Å². The van der Waals surface area contributed by atoms with Gasteiger partial charge in [-0.05, 0) is 74.7 Å². The molecule has 5 heteroatoms. The molecule has 144 valence electrons. The van der Waals surface area contributed by atoms with Gasteiger partial charge in [0.25, 0.3) is 0 Å². The topological polar surface area (TPSA) is 48.5 Å². The van der Waals surface area contributed by atoms with E-state index in [0.717, 1.165) is 38.3 Å². The number of carbonyl (C=O) groups is 1. The van der Waals surface area contributed by atoms with Gasteiger partial charge < -0.3 is 15.1 Å². The maximum absolute atomic E-state index is 12.2. The van der Waals surface area contributed by atoms with E-state index in [1.807, 2.05) is 36.7 Å². The summed E-state index contributed by atoms with van der Waals surface area (Å²) in [6, 6.07) is 12.3. The van der Waals surface area contributed by atoms with E-state index in [4.69, 9.17) is 0 Å². The molecule has 1 N–H and O–H groups in total. The lowest BCUT2D eigenvalue weighted by Crippen LogP contribution is -2.29. The summed E-state index contributed by atoms with van der Waals surface area (Å²) in [6.07, 6.45) is 8.99. The first-order chi connectivity index (χ1) is 13.2. The molecule has 1 amide bonds. The fraction of sp³-hybridized carbons (Fsp3) is 0.455. The number of aromatic nitrogens is 1. The van der Waals surface area contributed by atoms with Crippen LogP contribution in [0.25, 0.3) is 0 Å². The Labute approximate surface area is 162 Å². The van der Waals surface area contributed by atoms with Gasteiger partial charge in [-0.3, -0.25) is 9.78 Å². The average molecular weight is 367 g/mol. The molecule has 5 nitrogen and oxygen atoms in total. The van der Waals surface area contributed by atoms with Gasteiger partial charge in [0.1, 0.15) is 0 Å². The highest BCUT2D eigenvalue weighted by Crippen LogP contribution is 2.21. The smallest absolute Gasteiger partial charge is 0.225 e. The zero-order valence-corrected chi connectivity index (χ0v) is 16.2. The van der Waals surface area contributed by atoms with Crippen LogP contribution in [0.5, 0.6) is 0 Å². The first-order valence-corrected chi connectivity index (χ1v) is 9.93. The van der Waals surface area contributed by atoms with Crippen molar-refractivity contribution in [3.63, 3.8) is 0 Å². The zero-order chi connectivity index (χ0) is 18.9. The summed E-state index contributed by atoms with van der Waals surface area (Å²) < 4.78 is 0. The third kappa shape index (κ3) is 6.36. The van der Waals surface area contributed by atoms with Crippen molar-refractivity contribution in [3.8, 4) is 0 Å². The van der Waals surface area contributed by atoms with Crippen LogP contribution in [0.1, 0.15) is 31.2 Å². The van der Waals surface area contributed by atoms with E-state index in [1.165, 1.54) is 30.5 Å². The largest absolute Gasteiger partial charge is 0.372 e. The van der Waals surface area contributed by atoms with E-state index >= 15 is 0 Å². The molecule has 0 unspecified atom stereocenters. The third-order valence-corrected chi connectivity index (χ3v) is 5.12. The molecule has 0 spiro atoms. The van der Waals surface area contributed by atoms with Gasteiger partial charge in [-0.1, -0.05) is 0 Å². The summed E-state index contributed by atoms with van der Waals surface area (Å²) >= 11 is 0. The Bertz CT molecular complexity index is 696. The number of carbonyl (C=O) groups excluding carboxylic acids is 1. The Hall–Kier alpha value is -2.40. The minimum absolute atomic E-state index is 0.0662. The maximum atomic E-state index is 12.2. The van der Waals surface area contributed by atoms with Crippen molar-refractivity contribution < 1.29 is 4.79 Å². The molecule has 1 aliphatic heterocycles. The van der Waals surface area contributed by atoms with Crippen LogP contribution in [0, 0.1) is 0 Å². The fourth-order valence-corrected chi connectivity index (χ4v) is 3.40. The van der Waals surface area contributed by atoms with Crippen molar-refractivity contribution in [3.05, 3.63) is 54.4 Å². The minimum Gasteiger partial charge on any atom is -0.372 e. The Morgan fingerprint density at radius 2 is 1.74 bits per heavy atom. The number of nitrogens with zero attached hydrogens (tertiary/aromatic N) is 3. The highest BCUT2D eigenvalue weighted by Gasteiger charge is 2.11. The van der Waals surface area contributed by atoms with Gasteiger partial charge in [-0.25, -0.2) is 0 Å². The molecule has 2 aromatic rings. The fourth-order valence-electron chi connectivity index (χ4n) is 3.40. The van der Waals surface area contributed by atoms with Gasteiger partial charge in [0.05, 0.1) is 0 Å². The normalized spacial score (nSPS) is 14.4. The minimum atomic E-state index is 0.0662. The summed E-state index contributed by atoms with van der Waals surface area (Å²) in [6.45, 7) is 3.96. The molecule has 0 aliphatic carbocycles. The van der Waals surface area contributed by atoms with E-state index in [2.05, 4.69) is 39.3 Å².